The molecule has 0 amide bonds. The second-order valence-electron chi connectivity index (χ2n) is 6.49. The molecule has 124 valence electrons. The fraction of sp³-hybridized carbons (Fsp3) is 0.500. The standard InChI is InChI=1S/C18H23ClN2O2/c1-2-7-18(12-22)8-9-21(11-16(18)23)17-6-3-13-10-14(19)4-5-15(13)20-17/h3-6,10,16,22-23H,2,7-9,11-12H2,1H3/t16-,18+/m0/s1. The number of hydrogen-bond acceptors (Lipinski definition) is 4. The third-order valence-corrected chi connectivity index (χ3v) is 5.24. The number of aliphatic hydroxyl groups is 2. The highest BCUT2D eigenvalue weighted by molar-refractivity contribution is 6.31. The minimum Gasteiger partial charge on any atom is -0.396 e. The fourth-order valence-electron chi connectivity index (χ4n) is 3.54. The molecule has 0 saturated carbocycles. The van der Waals surface area contributed by atoms with E-state index in [1.807, 2.05) is 30.3 Å². The number of pyridine rings is 1. The first-order valence-corrected chi connectivity index (χ1v) is 8.56. The summed E-state index contributed by atoms with van der Waals surface area (Å²) in [5.74, 6) is 0.863. The Morgan fingerprint density at radius 1 is 1.35 bits per heavy atom. The van der Waals surface area contributed by atoms with Crippen molar-refractivity contribution in [2.75, 3.05) is 24.6 Å². The van der Waals surface area contributed by atoms with Crippen molar-refractivity contribution in [1.82, 2.24) is 4.98 Å². The van der Waals surface area contributed by atoms with Crippen molar-refractivity contribution in [1.29, 1.82) is 0 Å². The molecule has 2 aromatic rings. The molecule has 1 aliphatic heterocycles. The average molecular weight is 335 g/mol. The highest BCUT2D eigenvalue weighted by Crippen LogP contribution is 2.37. The molecular weight excluding hydrogens is 312 g/mol. The van der Waals surface area contributed by atoms with E-state index in [0.29, 0.717) is 11.6 Å². The predicted molar refractivity (Wildman–Crippen MR) is 94.0 cm³/mol. The van der Waals surface area contributed by atoms with Crippen molar-refractivity contribution in [3.8, 4) is 0 Å². The van der Waals surface area contributed by atoms with Crippen LogP contribution in [0.3, 0.4) is 0 Å². The number of β-amino-alcohol motifs (C(OH)–C–C–N with tert-alkyl or cyclic N) is 1. The Bertz CT molecular complexity index is 694. The van der Waals surface area contributed by atoms with E-state index in [1.165, 1.54) is 0 Å². The van der Waals surface area contributed by atoms with Gasteiger partial charge in [0.1, 0.15) is 5.82 Å². The van der Waals surface area contributed by atoms with Crippen LogP contribution < -0.4 is 4.90 Å². The van der Waals surface area contributed by atoms with E-state index in [0.717, 1.165) is 42.5 Å². The van der Waals surface area contributed by atoms with Crippen LogP contribution in [0.1, 0.15) is 26.2 Å². The van der Waals surface area contributed by atoms with Crippen LogP contribution in [0.4, 0.5) is 5.82 Å². The second kappa shape index (κ2) is 6.63. The van der Waals surface area contributed by atoms with Gasteiger partial charge in [0.2, 0.25) is 0 Å². The van der Waals surface area contributed by atoms with Gasteiger partial charge in [0, 0.05) is 28.9 Å². The summed E-state index contributed by atoms with van der Waals surface area (Å²) in [6, 6.07) is 9.63. The Morgan fingerprint density at radius 3 is 2.87 bits per heavy atom. The molecule has 1 aliphatic rings. The highest BCUT2D eigenvalue weighted by atomic mass is 35.5. The highest BCUT2D eigenvalue weighted by Gasteiger charge is 2.41. The third kappa shape index (κ3) is 3.16. The van der Waals surface area contributed by atoms with E-state index >= 15 is 0 Å². The van der Waals surface area contributed by atoms with E-state index in [-0.39, 0.29) is 12.0 Å². The zero-order valence-electron chi connectivity index (χ0n) is 13.4. The lowest BCUT2D eigenvalue weighted by Crippen LogP contribution is -2.53. The van der Waals surface area contributed by atoms with Gasteiger partial charge in [-0.05, 0) is 43.2 Å². The molecule has 1 aromatic carbocycles. The summed E-state index contributed by atoms with van der Waals surface area (Å²) in [6.45, 7) is 3.43. The number of rotatable bonds is 4. The predicted octanol–water partition coefficient (Wildman–Crippen LogP) is 3.24. The fourth-order valence-corrected chi connectivity index (χ4v) is 3.72. The summed E-state index contributed by atoms with van der Waals surface area (Å²) >= 11 is 6.01. The lowest BCUT2D eigenvalue weighted by molar-refractivity contribution is -0.0372. The molecule has 0 aliphatic carbocycles. The number of piperidine rings is 1. The van der Waals surface area contributed by atoms with Crippen LogP contribution in [0.25, 0.3) is 10.9 Å². The number of nitrogens with zero attached hydrogens (tertiary/aromatic N) is 2. The van der Waals surface area contributed by atoms with Crippen LogP contribution in [0.15, 0.2) is 30.3 Å². The van der Waals surface area contributed by atoms with E-state index in [2.05, 4.69) is 16.8 Å². The van der Waals surface area contributed by atoms with Gasteiger partial charge in [0.25, 0.3) is 0 Å². The topological polar surface area (TPSA) is 56.6 Å². The summed E-state index contributed by atoms with van der Waals surface area (Å²) < 4.78 is 0. The molecular formula is C18H23ClN2O2. The molecule has 0 bridgehead atoms. The number of fused-ring (bicyclic) bond motifs is 1. The second-order valence-corrected chi connectivity index (χ2v) is 6.93. The average Bonchev–Trinajstić information content (AvgIpc) is 2.56. The molecule has 2 N–H and O–H groups in total. The van der Waals surface area contributed by atoms with E-state index < -0.39 is 6.10 Å². The number of halogens is 1. The lowest BCUT2D eigenvalue weighted by Gasteiger charge is -2.45. The van der Waals surface area contributed by atoms with Crippen molar-refractivity contribution < 1.29 is 10.2 Å². The summed E-state index contributed by atoms with van der Waals surface area (Å²) in [5.41, 5.74) is 0.532. The maximum atomic E-state index is 10.6. The number of benzene rings is 1. The van der Waals surface area contributed by atoms with Gasteiger partial charge >= 0.3 is 0 Å². The summed E-state index contributed by atoms with van der Waals surface area (Å²) in [6.07, 6.45) is 2.05. The molecule has 1 aromatic heterocycles. The Hall–Kier alpha value is -1.36. The quantitative estimate of drug-likeness (QED) is 0.901. The first-order valence-electron chi connectivity index (χ1n) is 8.18. The number of hydrogen-bond donors (Lipinski definition) is 2. The number of aliphatic hydroxyl groups excluding tert-OH is 2. The van der Waals surface area contributed by atoms with E-state index in [1.54, 1.807) is 0 Å². The molecule has 3 rings (SSSR count). The third-order valence-electron chi connectivity index (χ3n) is 5.00. The Morgan fingerprint density at radius 2 is 2.17 bits per heavy atom. The van der Waals surface area contributed by atoms with Crippen LogP contribution in [0, 0.1) is 5.41 Å². The molecule has 23 heavy (non-hydrogen) atoms. The van der Waals surface area contributed by atoms with Crippen LogP contribution in [-0.4, -0.2) is 41.0 Å². The Balaban J connectivity index is 1.82. The molecule has 1 fully saturated rings. The lowest BCUT2D eigenvalue weighted by atomic mass is 9.73. The van der Waals surface area contributed by atoms with Gasteiger partial charge in [-0.15, -0.1) is 0 Å². The maximum Gasteiger partial charge on any atom is 0.129 e. The summed E-state index contributed by atoms with van der Waals surface area (Å²) in [5, 5.41) is 22.1. The van der Waals surface area contributed by atoms with E-state index in [9.17, 15) is 10.2 Å². The first-order chi connectivity index (χ1) is 11.1. The minimum absolute atomic E-state index is 0.0412. The normalized spacial score (nSPS) is 25.0. The van der Waals surface area contributed by atoms with Crippen LogP contribution in [-0.2, 0) is 0 Å². The number of aromatic nitrogens is 1. The van der Waals surface area contributed by atoms with Crippen molar-refractivity contribution >= 4 is 28.3 Å². The molecule has 0 unspecified atom stereocenters. The van der Waals surface area contributed by atoms with Crippen LogP contribution >= 0.6 is 11.6 Å². The van der Waals surface area contributed by atoms with Gasteiger partial charge in [0.05, 0.1) is 18.2 Å². The largest absolute Gasteiger partial charge is 0.396 e. The SMILES string of the molecule is CCC[C@]1(CO)CCN(c2ccc3cc(Cl)ccc3n2)C[C@@H]1O. The zero-order valence-corrected chi connectivity index (χ0v) is 14.1. The molecule has 1 saturated heterocycles. The van der Waals surface area contributed by atoms with Crippen LogP contribution in [0.5, 0.6) is 0 Å². The molecule has 5 heteroatoms. The molecule has 4 nitrogen and oxygen atoms in total. The van der Waals surface area contributed by atoms with Gasteiger partial charge < -0.3 is 15.1 Å². The van der Waals surface area contributed by atoms with Gasteiger partial charge in [0.15, 0.2) is 0 Å². The Kier molecular flexibility index (Phi) is 4.76. The van der Waals surface area contributed by atoms with Gasteiger partial charge in [-0.2, -0.15) is 0 Å². The van der Waals surface area contributed by atoms with E-state index in [4.69, 9.17) is 11.6 Å². The Labute approximate surface area is 141 Å². The van der Waals surface area contributed by atoms with Crippen molar-refractivity contribution in [3.05, 3.63) is 35.4 Å². The summed E-state index contributed by atoms with van der Waals surface area (Å²) in [4.78, 5) is 6.79. The van der Waals surface area contributed by atoms with Crippen LogP contribution in [0.2, 0.25) is 5.02 Å². The smallest absolute Gasteiger partial charge is 0.129 e. The monoisotopic (exact) mass is 334 g/mol. The molecule has 2 heterocycles. The minimum atomic E-state index is -0.538. The molecule has 0 radical (unpaired) electrons. The molecule has 0 spiro atoms. The zero-order chi connectivity index (χ0) is 16.4. The maximum absolute atomic E-state index is 10.6. The van der Waals surface area contributed by atoms with Crippen molar-refractivity contribution in [2.24, 2.45) is 5.41 Å². The number of anilines is 1. The van der Waals surface area contributed by atoms with Crippen molar-refractivity contribution in [2.45, 2.75) is 32.3 Å². The first kappa shape index (κ1) is 16.5. The van der Waals surface area contributed by atoms with Gasteiger partial charge in [-0.1, -0.05) is 24.9 Å². The van der Waals surface area contributed by atoms with Gasteiger partial charge in [-0.3, -0.25) is 0 Å². The van der Waals surface area contributed by atoms with Crippen molar-refractivity contribution in [3.63, 3.8) is 0 Å². The summed E-state index contributed by atoms with van der Waals surface area (Å²) in [7, 11) is 0. The molecule has 2 atom stereocenters. The van der Waals surface area contributed by atoms with Gasteiger partial charge in [-0.25, -0.2) is 4.98 Å².